The monoisotopic (exact) mass is 240 g/mol. The molecule has 0 amide bonds. The number of methoxy groups -OCH3 is 1. The Morgan fingerprint density at radius 3 is 2.47 bits per heavy atom. The molecule has 0 aromatic heterocycles. The molecule has 5 heteroatoms. The van der Waals surface area contributed by atoms with Crippen molar-refractivity contribution < 1.29 is 24.5 Å². The van der Waals surface area contributed by atoms with Crippen LogP contribution in [0.3, 0.4) is 0 Å². The Morgan fingerprint density at radius 2 is 1.94 bits per heavy atom. The quantitative estimate of drug-likeness (QED) is 0.733. The van der Waals surface area contributed by atoms with Gasteiger partial charge in [-0.25, -0.2) is 0 Å². The first kappa shape index (κ1) is 13.5. The molecule has 2 N–H and O–H groups in total. The lowest BCUT2D eigenvalue weighted by Crippen LogP contribution is -2.22. The molecule has 0 spiro atoms. The van der Waals surface area contributed by atoms with Gasteiger partial charge >= 0.3 is 5.97 Å². The van der Waals surface area contributed by atoms with Crippen LogP contribution in [0, 0.1) is 0 Å². The predicted octanol–water partition coefficient (Wildman–Crippen LogP) is 0.700. The van der Waals surface area contributed by atoms with Crippen molar-refractivity contribution in [2.75, 3.05) is 20.3 Å². The third kappa shape index (κ3) is 5.33. The van der Waals surface area contributed by atoms with E-state index in [-0.39, 0.29) is 19.6 Å². The maximum atomic E-state index is 10.5. The molecule has 0 aliphatic carbocycles. The summed E-state index contributed by atoms with van der Waals surface area (Å²) in [6.45, 7) is 0.364. The second kappa shape index (κ2) is 6.88. The molecule has 0 saturated heterocycles. The number of aliphatic carboxylic acids is 1. The van der Waals surface area contributed by atoms with Crippen molar-refractivity contribution in [2.45, 2.75) is 12.5 Å². The lowest BCUT2D eigenvalue weighted by Gasteiger charge is -2.11. The van der Waals surface area contributed by atoms with Crippen LogP contribution in [-0.4, -0.2) is 42.6 Å². The molecule has 1 aromatic carbocycles. The van der Waals surface area contributed by atoms with Gasteiger partial charge in [0, 0.05) is 7.11 Å². The number of carbonyl (C=O) groups is 1. The normalized spacial score (nSPS) is 12.1. The molecule has 5 nitrogen and oxygen atoms in total. The van der Waals surface area contributed by atoms with Gasteiger partial charge in [0.25, 0.3) is 0 Å². The van der Waals surface area contributed by atoms with Gasteiger partial charge in [-0.3, -0.25) is 4.79 Å². The second-order valence-electron chi connectivity index (χ2n) is 3.63. The maximum Gasteiger partial charge on any atom is 0.307 e. The van der Waals surface area contributed by atoms with Crippen LogP contribution in [0.4, 0.5) is 0 Å². The number of benzene rings is 1. The summed E-state index contributed by atoms with van der Waals surface area (Å²) in [5.41, 5.74) is 0.710. The summed E-state index contributed by atoms with van der Waals surface area (Å²) in [6.07, 6.45) is -0.675. The van der Waals surface area contributed by atoms with Crippen molar-refractivity contribution in [3.8, 4) is 5.75 Å². The van der Waals surface area contributed by atoms with Crippen LogP contribution in [0.2, 0.25) is 0 Å². The Bertz CT molecular complexity index is 346. The van der Waals surface area contributed by atoms with E-state index in [9.17, 15) is 9.90 Å². The molecule has 1 rings (SSSR count). The highest BCUT2D eigenvalue weighted by Gasteiger charge is 2.05. The molecular formula is C12H16O5. The molecule has 1 unspecified atom stereocenters. The third-order valence-corrected chi connectivity index (χ3v) is 2.08. The van der Waals surface area contributed by atoms with E-state index < -0.39 is 12.1 Å². The zero-order valence-corrected chi connectivity index (χ0v) is 9.63. The molecule has 0 aliphatic heterocycles. The minimum absolute atomic E-state index is 0.00736. The maximum absolute atomic E-state index is 10.5. The summed E-state index contributed by atoms with van der Waals surface area (Å²) in [7, 11) is 1.50. The fourth-order valence-corrected chi connectivity index (χ4v) is 1.31. The largest absolute Gasteiger partial charge is 0.491 e. The van der Waals surface area contributed by atoms with Gasteiger partial charge in [-0.1, -0.05) is 12.1 Å². The number of carboxylic acids is 1. The van der Waals surface area contributed by atoms with Crippen LogP contribution < -0.4 is 4.74 Å². The Hall–Kier alpha value is -1.59. The van der Waals surface area contributed by atoms with E-state index in [4.69, 9.17) is 14.6 Å². The molecule has 0 bridgehead atoms. The zero-order valence-electron chi connectivity index (χ0n) is 9.63. The van der Waals surface area contributed by atoms with Gasteiger partial charge in [0.1, 0.15) is 18.5 Å². The molecule has 0 aliphatic rings. The number of hydrogen-bond donors (Lipinski definition) is 2. The number of hydrogen-bond acceptors (Lipinski definition) is 4. The van der Waals surface area contributed by atoms with E-state index in [0.29, 0.717) is 11.3 Å². The van der Waals surface area contributed by atoms with Gasteiger partial charge in [-0.15, -0.1) is 0 Å². The van der Waals surface area contributed by atoms with E-state index in [0.717, 1.165) is 0 Å². The molecular weight excluding hydrogens is 224 g/mol. The van der Waals surface area contributed by atoms with E-state index in [1.807, 2.05) is 0 Å². The van der Waals surface area contributed by atoms with Crippen molar-refractivity contribution in [1.29, 1.82) is 0 Å². The van der Waals surface area contributed by atoms with Gasteiger partial charge in [0.05, 0.1) is 13.0 Å². The van der Waals surface area contributed by atoms with Crippen LogP contribution in [0.15, 0.2) is 24.3 Å². The predicted molar refractivity (Wildman–Crippen MR) is 61.2 cm³/mol. The van der Waals surface area contributed by atoms with Crippen LogP contribution in [-0.2, 0) is 16.0 Å². The first-order valence-corrected chi connectivity index (χ1v) is 5.22. The van der Waals surface area contributed by atoms with Gasteiger partial charge in [0.15, 0.2) is 0 Å². The Kier molecular flexibility index (Phi) is 5.45. The minimum atomic E-state index is -0.866. The van der Waals surface area contributed by atoms with Gasteiger partial charge in [-0.05, 0) is 17.7 Å². The highest BCUT2D eigenvalue weighted by atomic mass is 16.5. The highest BCUT2D eigenvalue weighted by Crippen LogP contribution is 2.12. The van der Waals surface area contributed by atoms with Crippen molar-refractivity contribution in [3.05, 3.63) is 29.8 Å². The summed E-state index contributed by atoms with van der Waals surface area (Å²) in [5, 5.41) is 17.9. The minimum Gasteiger partial charge on any atom is -0.491 e. The number of aliphatic hydroxyl groups is 1. The van der Waals surface area contributed by atoms with Crippen LogP contribution in [0.25, 0.3) is 0 Å². The SMILES string of the molecule is COCC(O)COc1ccc(CC(=O)O)cc1. The highest BCUT2D eigenvalue weighted by molar-refractivity contribution is 5.70. The van der Waals surface area contributed by atoms with Gasteiger partial charge in [-0.2, -0.15) is 0 Å². The summed E-state index contributed by atoms with van der Waals surface area (Å²) in [6, 6.07) is 6.73. The van der Waals surface area contributed by atoms with E-state index >= 15 is 0 Å². The molecule has 17 heavy (non-hydrogen) atoms. The van der Waals surface area contributed by atoms with Crippen LogP contribution >= 0.6 is 0 Å². The molecule has 0 radical (unpaired) electrons. The number of ether oxygens (including phenoxy) is 2. The van der Waals surface area contributed by atoms with Crippen molar-refractivity contribution in [2.24, 2.45) is 0 Å². The van der Waals surface area contributed by atoms with Gasteiger partial charge < -0.3 is 19.7 Å². The van der Waals surface area contributed by atoms with Crippen molar-refractivity contribution in [3.63, 3.8) is 0 Å². The average molecular weight is 240 g/mol. The Balaban J connectivity index is 2.42. The van der Waals surface area contributed by atoms with E-state index in [1.165, 1.54) is 7.11 Å². The third-order valence-electron chi connectivity index (χ3n) is 2.08. The fourth-order valence-electron chi connectivity index (χ4n) is 1.31. The molecule has 0 fully saturated rings. The number of rotatable bonds is 7. The molecule has 1 aromatic rings. The lowest BCUT2D eigenvalue weighted by molar-refractivity contribution is -0.136. The Morgan fingerprint density at radius 1 is 1.29 bits per heavy atom. The summed E-state index contributed by atoms with van der Waals surface area (Å²) in [4.78, 5) is 10.5. The summed E-state index contributed by atoms with van der Waals surface area (Å²) >= 11 is 0. The van der Waals surface area contributed by atoms with Crippen LogP contribution in [0.5, 0.6) is 5.75 Å². The topological polar surface area (TPSA) is 76.0 Å². The first-order chi connectivity index (χ1) is 8.11. The smallest absolute Gasteiger partial charge is 0.307 e. The van der Waals surface area contributed by atoms with Crippen molar-refractivity contribution >= 4 is 5.97 Å². The fraction of sp³-hybridized carbons (Fsp3) is 0.417. The molecule has 0 saturated carbocycles. The number of aliphatic hydroxyl groups excluding tert-OH is 1. The number of carboxylic acid groups (broad SMARTS) is 1. The van der Waals surface area contributed by atoms with Crippen molar-refractivity contribution in [1.82, 2.24) is 0 Å². The summed E-state index contributed by atoms with van der Waals surface area (Å²) < 4.78 is 10.1. The molecule has 1 atom stereocenters. The molecule has 94 valence electrons. The molecule has 0 heterocycles. The standard InChI is InChI=1S/C12H16O5/c1-16-7-10(13)8-17-11-4-2-9(3-5-11)6-12(14)15/h2-5,10,13H,6-8H2,1H3,(H,14,15). The van der Waals surface area contributed by atoms with E-state index in [1.54, 1.807) is 24.3 Å². The zero-order chi connectivity index (χ0) is 12.7. The first-order valence-electron chi connectivity index (χ1n) is 5.22. The second-order valence-corrected chi connectivity index (χ2v) is 3.63. The Labute approximate surface area is 99.6 Å². The lowest BCUT2D eigenvalue weighted by atomic mass is 10.1. The summed E-state index contributed by atoms with van der Waals surface area (Å²) in [5.74, 6) is -0.275. The van der Waals surface area contributed by atoms with E-state index in [2.05, 4.69) is 0 Å². The van der Waals surface area contributed by atoms with Crippen LogP contribution in [0.1, 0.15) is 5.56 Å². The van der Waals surface area contributed by atoms with Gasteiger partial charge in [0.2, 0.25) is 0 Å². The average Bonchev–Trinajstić information content (AvgIpc) is 2.28.